The molecule has 0 fully saturated rings. The third-order valence-electron chi connectivity index (χ3n) is 5.35. The standard InChI is InChI=1S/C26H19F3N6O2/c27-19-7-4-8-21(25(19)29)34-24(36)13-35-12-17(11-32-35)33-26-18-9-20(28)23(10-22(18)30-15-31-26)37-14-16-5-2-1-3-6-16/h1-12,15H,13-14H2,(H,34,36)(H,30,31,33). The number of aromatic nitrogens is 4. The van der Waals surface area contributed by atoms with Crippen molar-refractivity contribution in [3.05, 3.63) is 102 Å². The molecule has 0 aliphatic heterocycles. The van der Waals surface area contributed by atoms with E-state index in [0.717, 1.165) is 11.6 Å². The van der Waals surface area contributed by atoms with Crippen LogP contribution in [0.2, 0.25) is 0 Å². The van der Waals surface area contributed by atoms with Gasteiger partial charge in [0.2, 0.25) is 5.91 Å². The first-order valence-electron chi connectivity index (χ1n) is 11.1. The van der Waals surface area contributed by atoms with E-state index in [1.54, 1.807) is 0 Å². The molecule has 37 heavy (non-hydrogen) atoms. The lowest BCUT2D eigenvalue weighted by Crippen LogP contribution is -2.19. The summed E-state index contributed by atoms with van der Waals surface area (Å²) >= 11 is 0. The van der Waals surface area contributed by atoms with E-state index < -0.39 is 23.4 Å². The van der Waals surface area contributed by atoms with Gasteiger partial charge < -0.3 is 15.4 Å². The summed E-state index contributed by atoms with van der Waals surface area (Å²) in [5.41, 5.74) is 1.57. The van der Waals surface area contributed by atoms with Crippen LogP contribution in [-0.4, -0.2) is 25.7 Å². The minimum Gasteiger partial charge on any atom is -0.486 e. The van der Waals surface area contributed by atoms with Crippen molar-refractivity contribution < 1.29 is 22.7 Å². The maximum absolute atomic E-state index is 14.8. The van der Waals surface area contributed by atoms with Crippen LogP contribution < -0.4 is 15.4 Å². The van der Waals surface area contributed by atoms with Crippen molar-refractivity contribution in [2.75, 3.05) is 10.6 Å². The monoisotopic (exact) mass is 504 g/mol. The van der Waals surface area contributed by atoms with E-state index in [1.165, 1.54) is 47.7 Å². The van der Waals surface area contributed by atoms with Crippen molar-refractivity contribution in [1.82, 2.24) is 19.7 Å². The van der Waals surface area contributed by atoms with E-state index in [2.05, 4.69) is 25.7 Å². The first-order valence-corrected chi connectivity index (χ1v) is 11.1. The highest BCUT2D eigenvalue weighted by molar-refractivity contribution is 5.92. The maximum Gasteiger partial charge on any atom is 0.246 e. The van der Waals surface area contributed by atoms with Crippen molar-refractivity contribution in [3.8, 4) is 5.75 Å². The Morgan fingerprint density at radius 3 is 2.65 bits per heavy atom. The number of carbonyl (C=O) groups is 1. The minimum atomic E-state index is -1.14. The van der Waals surface area contributed by atoms with E-state index in [0.29, 0.717) is 22.4 Å². The molecule has 2 heterocycles. The maximum atomic E-state index is 14.8. The number of nitrogens with one attached hydrogen (secondary N) is 2. The summed E-state index contributed by atoms with van der Waals surface area (Å²) in [5.74, 6) is -2.99. The Hall–Kier alpha value is -4.93. The number of fused-ring (bicyclic) bond motifs is 1. The number of nitrogens with zero attached hydrogens (tertiary/aromatic N) is 4. The molecule has 0 saturated carbocycles. The summed E-state index contributed by atoms with van der Waals surface area (Å²) in [6.45, 7) is -0.0447. The zero-order chi connectivity index (χ0) is 25.8. The molecular weight excluding hydrogens is 485 g/mol. The van der Waals surface area contributed by atoms with Gasteiger partial charge in [-0.15, -0.1) is 0 Å². The Labute approximate surface area is 208 Å². The number of rotatable bonds is 8. The Kier molecular flexibility index (Phi) is 6.66. The third-order valence-corrected chi connectivity index (χ3v) is 5.35. The number of benzene rings is 3. The van der Waals surface area contributed by atoms with Gasteiger partial charge in [0.05, 0.1) is 23.1 Å². The molecule has 8 nitrogen and oxygen atoms in total. The minimum absolute atomic E-state index is 0.0644. The molecule has 5 rings (SSSR count). The smallest absolute Gasteiger partial charge is 0.246 e. The lowest BCUT2D eigenvalue weighted by molar-refractivity contribution is -0.116. The average Bonchev–Trinajstić information content (AvgIpc) is 3.33. The largest absolute Gasteiger partial charge is 0.486 e. The van der Waals surface area contributed by atoms with Gasteiger partial charge in [0.1, 0.15) is 25.3 Å². The number of halogens is 3. The van der Waals surface area contributed by atoms with Gasteiger partial charge in [-0.05, 0) is 23.8 Å². The van der Waals surface area contributed by atoms with E-state index in [1.807, 2.05) is 30.3 Å². The Bertz CT molecular complexity index is 1580. The molecule has 5 aromatic rings. The molecule has 0 unspecified atom stereocenters. The quantitative estimate of drug-likeness (QED) is 0.302. The van der Waals surface area contributed by atoms with Gasteiger partial charge in [-0.2, -0.15) is 5.10 Å². The van der Waals surface area contributed by atoms with Gasteiger partial charge in [0.25, 0.3) is 0 Å². The van der Waals surface area contributed by atoms with Crippen LogP contribution in [0.4, 0.5) is 30.4 Å². The molecule has 1 amide bonds. The zero-order valence-electron chi connectivity index (χ0n) is 19.2. The topological polar surface area (TPSA) is 94.0 Å². The molecule has 0 spiro atoms. The number of ether oxygens (including phenoxy) is 1. The molecule has 3 aromatic carbocycles. The van der Waals surface area contributed by atoms with Crippen molar-refractivity contribution in [1.29, 1.82) is 0 Å². The van der Waals surface area contributed by atoms with Crippen molar-refractivity contribution >= 4 is 34.0 Å². The highest BCUT2D eigenvalue weighted by Crippen LogP contribution is 2.29. The molecule has 186 valence electrons. The number of amides is 1. The number of hydrogen-bond donors (Lipinski definition) is 2. The highest BCUT2D eigenvalue weighted by Gasteiger charge is 2.14. The van der Waals surface area contributed by atoms with Gasteiger partial charge in [-0.3, -0.25) is 9.48 Å². The molecule has 2 aromatic heterocycles. The fourth-order valence-corrected chi connectivity index (χ4v) is 3.59. The first kappa shape index (κ1) is 23.8. The van der Waals surface area contributed by atoms with Crippen LogP contribution >= 0.6 is 0 Å². The van der Waals surface area contributed by atoms with Gasteiger partial charge in [0.15, 0.2) is 23.2 Å². The molecule has 0 saturated heterocycles. The van der Waals surface area contributed by atoms with Crippen LogP contribution in [-0.2, 0) is 17.9 Å². The number of hydrogen-bond acceptors (Lipinski definition) is 6. The second-order valence-electron chi connectivity index (χ2n) is 8.00. The van der Waals surface area contributed by atoms with E-state index in [9.17, 15) is 18.0 Å². The van der Waals surface area contributed by atoms with Crippen molar-refractivity contribution in [2.24, 2.45) is 0 Å². The van der Waals surface area contributed by atoms with Crippen LogP contribution in [0.5, 0.6) is 5.75 Å². The van der Waals surface area contributed by atoms with Crippen LogP contribution in [0.15, 0.2) is 79.4 Å². The Morgan fingerprint density at radius 1 is 0.973 bits per heavy atom. The second kappa shape index (κ2) is 10.4. The highest BCUT2D eigenvalue weighted by atomic mass is 19.2. The summed E-state index contributed by atoms with van der Waals surface area (Å²) < 4.78 is 48.9. The molecule has 0 aliphatic rings. The predicted molar refractivity (Wildman–Crippen MR) is 131 cm³/mol. The Balaban J connectivity index is 1.28. The van der Waals surface area contributed by atoms with Crippen LogP contribution in [0.3, 0.4) is 0 Å². The van der Waals surface area contributed by atoms with E-state index >= 15 is 0 Å². The average molecular weight is 504 g/mol. The summed E-state index contributed by atoms with van der Waals surface area (Å²) in [7, 11) is 0. The van der Waals surface area contributed by atoms with Crippen LogP contribution in [0.1, 0.15) is 5.56 Å². The molecule has 0 atom stereocenters. The van der Waals surface area contributed by atoms with E-state index in [4.69, 9.17) is 4.74 Å². The normalized spacial score (nSPS) is 10.9. The summed E-state index contributed by atoms with van der Waals surface area (Å²) in [5, 5.41) is 9.84. The fourth-order valence-electron chi connectivity index (χ4n) is 3.59. The lowest BCUT2D eigenvalue weighted by Gasteiger charge is -2.11. The van der Waals surface area contributed by atoms with E-state index in [-0.39, 0.29) is 24.6 Å². The first-order chi connectivity index (χ1) is 18.0. The summed E-state index contributed by atoms with van der Waals surface area (Å²) in [4.78, 5) is 20.6. The molecular formula is C26H19F3N6O2. The predicted octanol–water partition coefficient (Wildman–Crippen LogP) is 5.20. The van der Waals surface area contributed by atoms with Gasteiger partial charge in [0, 0.05) is 17.6 Å². The van der Waals surface area contributed by atoms with Crippen molar-refractivity contribution in [3.63, 3.8) is 0 Å². The SMILES string of the molecule is O=C(Cn1cc(Nc2ncnc3cc(OCc4ccccc4)c(F)cc23)cn1)Nc1cccc(F)c1F. The Morgan fingerprint density at radius 2 is 1.81 bits per heavy atom. The van der Waals surface area contributed by atoms with Crippen LogP contribution in [0, 0.1) is 17.5 Å². The van der Waals surface area contributed by atoms with Gasteiger partial charge in [-0.25, -0.2) is 23.1 Å². The number of carbonyl (C=O) groups excluding carboxylic acids is 1. The molecule has 0 aliphatic carbocycles. The zero-order valence-corrected chi connectivity index (χ0v) is 19.2. The molecule has 2 N–H and O–H groups in total. The van der Waals surface area contributed by atoms with Crippen LogP contribution in [0.25, 0.3) is 10.9 Å². The van der Waals surface area contributed by atoms with Gasteiger partial charge in [-0.1, -0.05) is 36.4 Å². The number of anilines is 3. The van der Waals surface area contributed by atoms with Gasteiger partial charge >= 0.3 is 0 Å². The molecule has 11 heteroatoms. The molecule has 0 radical (unpaired) electrons. The summed E-state index contributed by atoms with van der Waals surface area (Å²) in [6, 6.07) is 15.7. The molecule has 0 bridgehead atoms. The third kappa shape index (κ3) is 5.50. The lowest BCUT2D eigenvalue weighted by atomic mass is 10.2. The van der Waals surface area contributed by atoms with Crippen molar-refractivity contribution in [2.45, 2.75) is 13.2 Å². The summed E-state index contributed by atoms with van der Waals surface area (Å²) in [6.07, 6.45) is 4.29. The fraction of sp³-hybridized carbons (Fsp3) is 0.0769. The second-order valence-corrected chi connectivity index (χ2v) is 8.00.